The molecule has 0 atom stereocenters. The Balaban J connectivity index is 2.52. The molecule has 0 heterocycles. The largest absolute Gasteiger partial charge is 0.420 e. The summed E-state index contributed by atoms with van der Waals surface area (Å²) in [7, 11) is 0. The van der Waals surface area contributed by atoms with Crippen molar-refractivity contribution in [3.05, 3.63) is 76.5 Å². The maximum atomic E-state index is 13.1. The van der Waals surface area contributed by atoms with E-state index >= 15 is 0 Å². The molecule has 0 saturated heterocycles. The molecule has 0 unspecified atom stereocenters. The second kappa shape index (κ2) is 10.5. The lowest BCUT2D eigenvalue weighted by Gasteiger charge is -2.17. The van der Waals surface area contributed by atoms with E-state index in [1.165, 1.54) is 6.92 Å². The van der Waals surface area contributed by atoms with Gasteiger partial charge in [-0.25, -0.2) is 0 Å². The van der Waals surface area contributed by atoms with Gasteiger partial charge >= 0.3 is 5.97 Å². The van der Waals surface area contributed by atoms with Crippen LogP contribution in [0.1, 0.15) is 49.0 Å². The molecule has 0 aliphatic carbocycles. The monoisotopic (exact) mass is 385 g/mol. The molecule has 142 valence electrons. The molecule has 2 aromatic carbocycles. The second-order valence-electron chi connectivity index (χ2n) is 6.11. The van der Waals surface area contributed by atoms with E-state index in [4.69, 9.17) is 16.3 Å². The van der Waals surface area contributed by atoms with Crippen LogP contribution in [-0.4, -0.2) is 18.3 Å². The number of rotatable bonds is 9. The fraction of sp³-hybridized carbons (Fsp3) is 0.273. The van der Waals surface area contributed by atoms with E-state index in [1.54, 1.807) is 24.3 Å². The maximum Gasteiger partial charge on any atom is 0.308 e. The molecule has 4 nitrogen and oxygen atoms in total. The van der Waals surface area contributed by atoms with Gasteiger partial charge in [-0.3, -0.25) is 9.59 Å². The van der Waals surface area contributed by atoms with Gasteiger partial charge in [0.05, 0.1) is 10.7 Å². The Morgan fingerprint density at radius 2 is 1.67 bits per heavy atom. The van der Waals surface area contributed by atoms with Crippen LogP contribution in [0.15, 0.2) is 60.4 Å². The summed E-state index contributed by atoms with van der Waals surface area (Å²) >= 11 is 6.19. The lowest BCUT2D eigenvalue weighted by Crippen LogP contribution is -2.22. The molecule has 2 rings (SSSR count). The highest BCUT2D eigenvalue weighted by molar-refractivity contribution is 6.35. The summed E-state index contributed by atoms with van der Waals surface area (Å²) in [5.74, 6) is -1.04. The smallest absolute Gasteiger partial charge is 0.308 e. The Morgan fingerprint density at radius 1 is 1.00 bits per heavy atom. The minimum Gasteiger partial charge on any atom is -0.420 e. The molecule has 0 aliphatic heterocycles. The zero-order valence-electron chi connectivity index (χ0n) is 15.6. The summed E-state index contributed by atoms with van der Waals surface area (Å²) in [4.78, 5) is 24.9. The van der Waals surface area contributed by atoms with E-state index in [0.29, 0.717) is 22.8 Å². The van der Waals surface area contributed by atoms with Crippen LogP contribution in [0.4, 0.5) is 0 Å². The van der Waals surface area contributed by atoms with Crippen LogP contribution in [0.5, 0.6) is 0 Å². The fourth-order valence-corrected chi connectivity index (χ4v) is 2.85. The van der Waals surface area contributed by atoms with Crippen molar-refractivity contribution in [1.29, 1.82) is 0 Å². The van der Waals surface area contributed by atoms with Crippen molar-refractivity contribution < 1.29 is 14.3 Å². The van der Waals surface area contributed by atoms with Crippen LogP contribution in [0.3, 0.4) is 0 Å². The molecule has 0 amide bonds. The number of hydrogen-bond donors (Lipinski definition) is 1. The third-order valence-electron chi connectivity index (χ3n) is 3.94. The van der Waals surface area contributed by atoms with Gasteiger partial charge in [-0.1, -0.05) is 73.8 Å². The topological polar surface area (TPSA) is 55.4 Å². The number of carbonyl (C=O) groups is 2. The van der Waals surface area contributed by atoms with Gasteiger partial charge in [0, 0.05) is 24.6 Å². The molecule has 0 saturated carbocycles. The van der Waals surface area contributed by atoms with Crippen LogP contribution in [-0.2, 0) is 9.53 Å². The highest BCUT2D eigenvalue weighted by atomic mass is 35.5. The Labute approximate surface area is 165 Å². The Kier molecular flexibility index (Phi) is 8.08. The first kappa shape index (κ1) is 20.7. The van der Waals surface area contributed by atoms with Crippen LogP contribution in [0.2, 0.25) is 5.02 Å². The molecule has 0 fully saturated rings. The first-order valence-electron chi connectivity index (χ1n) is 9.05. The predicted octanol–water partition coefficient (Wildman–Crippen LogP) is 5.23. The number of nitrogens with one attached hydrogen (secondary N) is 1. The van der Waals surface area contributed by atoms with Gasteiger partial charge in [-0.05, 0) is 18.6 Å². The number of allylic oxidation sites excluding steroid dienone is 1. The maximum absolute atomic E-state index is 13.1. The first-order chi connectivity index (χ1) is 13.0. The number of ether oxygens (including phenoxy) is 1. The number of Topliss-reactive ketones (excluding diaryl/α,β-unsaturated/α-hetero) is 1. The quantitative estimate of drug-likeness (QED) is 0.211. The number of ketones is 1. The summed E-state index contributed by atoms with van der Waals surface area (Å²) in [6, 6.07) is 16.1. The van der Waals surface area contributed by atoms with E-state index in [-0.39, 0.29) is 5.76 Å². The fourth-order valence-electron chi connectivity index (χ4n) is 2.63. The minimum atomic E-state index is -0.561. The molecule has 0 spiro atoms. The summed E-state index contributed by atoms with van der Waals surface area (Å²) in [5.41, 5.74) is 1.55. The van der Waals surface area contributed by atoms with Crippen molar-refractivity contribution in [1.82, 2.24) is 5.32 Å². The van der Waals surface area contributed by atoms with Crippen molar-refractivity contribution in [2.45, 2.75) is 33.1 Å². The zero-order valence-corrected chi connectivity index (χ0v) is 16.4. The molecule has 27 heavy (non-hydrogen) atoms. The first-order valence-corrected chi connectivity index (χ1v) is 9.43. The van der Waals surface area contributed by atoms with E-state index in [9.17, 15) is 9.59 Å². The lowest BCUT2D eigenvalue weighted by molar-refractivity contribution is -0.136. The SMILES string of the molecule is CCCCCN/C(=C(\OC(C)=O)C(=O)c1ccccc1Cl)c1ccccc1. The number of esters is 1. The molecule has 5 heteroatoms. The molecule has 0 aliphatic rings. The van der Waals surface area contributed by atoms with Crippen LogP contribution >= 0.6 is 11.6 Å². The van der Waals surface area contributed by atoms with Gasteiger partial charge in [0.25, 0.3) is 0 Å². The van der Waals surface area contributed by atoms with Crippen LogP contribution in [0.25, 0.3) is 5.70 Å². The molecular weight excluding hydrogens is 362 g/mol. The average Bonchev–Trinajstić information content (AvgIpc) is 2.67. The zero-order chi connectivity index (χ0) is 19.6. The number of unbranched alkanes of at least 4 members (excludes halogenated alkanes) is 2. The molecule has 1 N–H and O–H groups in total. The number of halogens is 1. The number of hydrogen-bond acceptors (Lipinski definition) is 4. The molecular formula is C22H24ClNO3. The highest BCUT2D eigenvalue weighted by Crippen LogP contribution is 2.25. The summed E-state index contributed by atoms with van der Waals surface area (Å²) < 4.78 is 5.37. The molecule has 2 aromatic rings. The Morgan fingerprint density at radius 3 is 2.30 bits per heavy atom. The summed E-state index contributed by atoms with van der Waals surface area (Å²) in [6.07, 6.45) is 3.10. The highest BCUT2D eigenvalue weighted by Gasteiger charge is 2.24. The normalized spacial score (nSPS) is 11.5. The van der Waals surface area contributed by atoms with Gasteiger partial charge in [0.2, 0.25) is 11.5 Å². The standard InChI is InChI=1S/C22H24ClNO3/c1-3-4-10-15-24-20(17-11-6-5-7-12-17)22(27-16(2)25)21(26)18-13-8-9-14-19(18)23/h5-9,11-14,24H,3-4,10,15H2,1-2H3/b22-20-. The van der Waals surface area contributed by atoms with Crippen LogP contribution < -0.4 is 5.32 Å². The van der Waals surface area contributed by atoms with E-state index in [0.717, 1.165) is 24.8 Å². The molecule has 0 radical (unpaired) electrons. The van der Waals surface area contributed by atoms with Crippen molar-refractivity contribution in [2.75, 3.05) is 6.54 Å². The summed E-state index contributed by atoms with van der Waals surface area (Å²) in [6.45, 7) is 4.07. The summed E-state index contributed by atoms with van der Waals surface area (Å²) in [5, 5.41) is 3.60. The van der Waals surface area contributed by atoms with Crippen molar-refractivity contribution in [2.24, 2.45) is 0 Å². The third-order valence-corrected chi connectivity index (χ3v) is 4.27. The van der Waals surface area contributed by atoms with Crippen molar-refractivity contribution >= 4 is 29.1 Å². The lowest BCUT2D eigenvalue weighted by atomic mass is 10.0. The van der Waals surface area contributed by atoms with Crippen LogP contribution in [0, 0.1) is 0 Å². The van der Waals surface area contributed by atoms with Gasteiger partial charge in [0.1, 0.15) is 0 Å². The average molecular weight is 386 g/mol. The van der Waals surface area contributed by atoms with Gasteiger partial charge < -0.3 is 10.1 Å². The van der Waals surface area contributed by atoms with E-state index in [2.05, 4.69) is 12.2 Å². The Bertz CT molecular complexity index is 815. The van der Waals surface area contributed by atoms with Gasteiger partial charge in [-0.15, -0.1) is 0 Å². The van der Waals surface area contributed by atoms with Crippen molar-refractivity contribution in [3.8, 4) is 0 Å². The van der Waals surface area contributed by atoms with E-state index < -0.39 is 11.8 Å². The predicted molar refractivity (Wildman–Crippen MR) is 108 cm³/mol. The second-order valence-corrected chi connectivity index (χ2v) is 6.51. The molecule has 0 bridgehead atoms. The van der Waals surface area contributed by atoms with Gasteiger partial charge in [0.15, 0.2) is 0 Å². The number of carbonyl (C=O) groups excluding carboxylic acids is 2. The Hall–Kier alpha value is -2.59. The number of benzene rings is 2. The van der Waals surface area contributed by atoms with E-state index in [1.807, 2.05) is 30.3 Å². The van der Waals surface area contributed by atoms with Gasteiger partial charge in [-0.2, -0.15) is 0 Å². The minimum absolute atomic E-state index is 0.0432. The third kappa shape index (κ3) is 5.97. The van der Waals surface area contributed by atoms with Crippen molar-refractivity contribution in [3.63, 3.8) is 0 Å². The molecule has 0 aromatic heterocycles.